The number of sulfone groups is 1. The molecule has 0 heterocycles. The highest BCUT2D eigenvalue weighted by Crippen LogP contribution is 2.55. The van der Waals surface area contributed by atoms with Crippen LogP contribution in [-0.2, 0) is 14.6 Å². The Balaban J connectivity index is 2.01. The smallest absolute Gasteiger partial charge is 0.183 e. The van der Waals surface area contributed by atoms with Gasteiger partial charge in [-0.2, -0.15) is 0 Å². The van der Waals surface area contributed by atoms with Gasteiger partial charge < -0.3 is 10.5 Å². The van der Waals surface area contributed by atoms with Crippen LogP contribution in [-0.4, -0.2) is 32.9 Å². The van der Waals surface area contributed by atoms with Crippen LogP contribution in [0, 0.1) is 12.7 Å². The molecule has 1 aliphatic carbocycles. The van der Waals surface area contributed by atoms with Crippen molar-refractivity contribution in [1.29, 1.82) is 0 Å². The molecule has 3 atom stereocenters. The van der Waals surface area contributed by atoms with Crippen molar-refractivity contribution in [3.63, 3.8) is 0 Å². The van der Waals surface area contributed by atoms with E-state index in [0.29, 0.717) is 5.56 Å². The third-order valence-corrected chi connectivity index (χ3v) is 6.92. The minimum atomic E-state index is -3.62. The zero-order valence-electron chi connectivity index (χ0n) is 13.6. The van der Waals surface area contributed by atoms with Crippen LogP contribution in [0.4, 0.5) is 4.39 Å². The van der Waals surface area contributed by atoms with Crippen LogP contribution in [0.25, 0.3) is 0 Å². The zero-order chi connectivity index (χ0) is 17.5. The van der Waals surface area contributed by atoms with Crippen molar-refractivity contribution in [2.24, 2.45) is 5.73 Å². The van der Waals surface area contributed by atoms with Crippen LogP contribution >= 0.6 is 0 Å². The summed E-state index contributed by atoms with van der Waals surface area (Å²) in [6.07, 6.45) is 0. The summed E-state index contributed by atoms with van der Waals surface area (Å²) >= 11 is 0. The van der Waals surface area contributed by atoms with E-state index in [1.807, 2.05) is 6.92 Å². The zero-order valence-corrected chi connectivity index (χ0v) is 14.4. The van der Waals surface area contributed by atoms with Crippen molar-refractivity contribution in [2.75, 3.05) is 13.7 Å². The summed E-state index contributed by atoms with van der Waals surface area (Å²) in [6.45, 7) is 2.01. The van der Waals surface area contributed by atoms with Crippen LogP contribution in [0.1, 0.15) is 17.0 Å². The first-order valence-corrected chi connectivity index (χ1v) is 9.19. The molecule has 0 spiro atoms. The lowest BCUT2D eigenvalue weighted by atomic mass is 10.1. The topological polar surface area (TPSA) is 69.4 Å². The molecule has 2 N–H and O–H groups in total. The van der Waals surface area contributed by atoms with E-state index in [4.69, 9.17) is 10.5 Å². The molecule has 1 aliphatic rings. The predicted molar refractivity (Wildman–Crippen MR) is 90.1 cm³/mol. The van der Waals surface area contributed by atoms with Gasteiger partial charge in [-0.1, -0.05) is 29.8 Å². The lowest BCUT2D eigenvalue weighted by Crippen LogP contribution is -2.35. The van der Waals surface area contributed by atoms with Gasteiger partial charge in [0.05, 0.1) is 22.3 Å². The van der Waals surface area contributed by atoms with Gasteiger partial charge in [0.15, 0.2) is 9.84 Å². The fraction of sp³-hybridized carbons (Fsp3) is 0.333. The van der Waals surface area contributed by atoms with Crippen LogP contribution in [0.2, 0.25) is 0 Å². The van der Waals surface area contributed by atoms with Gasteiger partial charge >= 0.3 is 0 Å². The number of hydrogen-bond acceptors (Lipinski definition) is 4. The number of nitrogens with two attached hydrogens (primary N) is 1. The van der Waals surface area contributed by atoms with Gasteiger partial charge in [-0.25, -0.2) is 12.8 Å². The molecule has 0 unspecified atom stereocenters. The number of halogens is 1. The normalized spacial score (nSPS) is 26.3. The second kappa shape index (κ2) is 5.95. The SMILES string of the molecule is COC[C@@]1(N)[C@H](S(=O)(=O)c2ccc(C)cc2)[C@@H]1c1ccc(F)cc1. The lowest BCUT2D eigenvalue weighted by molar-refractivity contribution is 0.171. The van der Waals surface area contributed by atoms with E-state index >= 15 is 0 Å². The third-order valence-electron chi connectivity index (χ3n) is 4.61. The Kier molecular flexibility index (Phi) is 4.23. The first-order chi connectivity index (χ1) is 11.3. The van der Waals surface area contributed by atoms with E-state index in [9.17, 15) is 12.8 Å². The molecule has 0 saturated heterocycles. The average molecular weight is 349 g/mol. The molecule has 0 aliphatic heterocycles. The van der Waals surface area contributed by atoms with E-state index in [-0.39, 0.29) is 17.3 Å². The quantitative estimate of drug-likeness (QED) is 0.900. The van der Waals surface area contributed by atoms with Crippen LogP contribution in [0.5, 0.6) is 0 Å². The molecule has 0 aromatic heterocycles. The second-order valence-corrected chi connectivity index (χ2v) is 8.42. The summed E-state index contributed by atoms with van der Waals surface area (Å²) < 4.78 is 44.4. The fourth-order valence-corrected chi connectivity index (χ4v) is 5.63. The molecule has 2 aromatic carbocycles. The summed E-state index contributed by atoms with van der Waals surface area (Å²) in [5, 5.41) is -0.793. The Bertz CT molecular complexity index is 834. The fourth-order valence-electron chi connectivity index (χ4n) is 3.34. The van der Waals surface area contributed by atoms with Crippen LogP contribution in [0.3, 0.4) is 0 Å². The van der Waals surface area contributed by atoms with Gasteiger partial charge in [0.25, 0.3) is 0 Å². The number of benzene rings is 2. The molecule has 1 saturated carbocycles. The highest BCUT2D eigenvalue weighted by atomic mass is 32.2. The van der Waals surface area contributed by atoms with Gasteiger partial charge in [-0.15, -0.1) is 0 Å². The van der Waals surface area contributed by atoms with Crippen LogP contribution in [0.15, 0.2) is 53.4 Å². The van der Waals surface area contributed by atoms with E-state index < -0.39 is 26.5 Å². The Morgan fingerprint density at radius 1 is 1.12 bits per heavy atom. The molecule has 3 rings (SSSR count). The molecule has 0 amide bonds. The number of methoxy groups -OCH3 is 1. The second-order valence-electron chi connectivity index (χ2n) is 6.35. The minimum absolute atomic E-state index is 0.116. The lowest BCUT2D eigenvalue weighted by Gasteiger charge is -2.11. The summed E-state index contributed by atoms with van der Waals surface area (Å²) in [7, 11) is -2.13. The van der Waals surface area contributed by atoms with E-state index in [1.165, 1.54) is 19.2 Å². The summed E-state index contributed by atoms with van der Waals surface area (Å²) in [6, 6.07) is 12.5. The molecular weight excluding hydrogens is 329 g/mol. The molecule has 1 fully saturated rings. The average Bonchev–Trinajstić information content (AvgIpc) is 3.15. The highest BCUT2D eigenvalue weighted by Gasteiger charge is 2.69. The first-order valence-electron chi connectivity index (χ1n) is 7.64. The molecule has 0 radical (unpaired) electrons. The molecule has 2 aromatic rings. The van der Waals surface area contributed by atoms with E-state index in [2.05, 4.69) is 0 Å². The minimum Gasteiger partial charge on any atom is -0.383 e. The van der Waals surface area contributed by atoms with Gasteiger partial charge in [0.2, 0.25) is 0 Å². The Morgan fingerprint density at radius 2 is 1.71 bits per heavy atom. The van der Waals surface area contributed by atoms with Crippen molar-refractivity contribution >= 4 is 9.84 Å². The van der Waals surface area contributed by atoms with Crippen molar-refractivity contribution in [1.82, 2.24) is 0 Å². The van der Waals surface area contributed by atoms with Crippen molar-refractivity contribution in [2.45, 2.75) is 28.5 Å². The van der Waals surface area contributed by atoms with Crippen LogP contribution < -0.4 is 5.73 Å². The maximum atomic E-state index is 13.2. The highest BCUT2D eigenvalue weighted by molar-refractivity contribution is 7.92. The largest absolute Gasteiger partial charge is 0.383 e. The van der Waals surface area contributed by atoms with E-state index in [0.717, 1.165) is 5.56 Å². The number of rotatable bonds is 5. The molecule has 4 nitrogen and oxygen atoms in total. The number of aryl methyl sites for hydroxylation is 1. The number of hydrogen-bond donors (Lipinski definition) is 1. The molecule has 0 bridgehead atoms. The van der Waals surface area contributed by atoms with Crippen molar-refractivity contribution < 1.29 is 17.5 Å². The summed E-state index contributed by atoms with van der Waals surface area (Å²) in [5.41, 5.74) is 7.04. The maximum absolute atomic E-state index is 13.2. The summed E-state index contributed by atoms with van der Waals surface area (Å²) in [4.78, 5) is 0.244. The number of ether oxygens (including phenoxy) is 1. The monoisotopic (exact) mass is 349 g/mol. The van der Waals surface area contributed by atoms with Gasteiger partial charge in [-0.3, -0.25) is 0 Å². The Hall–Kier alpha value is -1.76. The molecular formula is C18H20FNO3S. The Morgan fingerprint density at radius 3 is 2.25 bits per heavy atom. The maximum Gasteiger partial charge on any atom is 0.183 e. The van der Waals surface area contributed by atoms with Crippen molar-refractivity contribution in [3.05, 3.63) is 65.5 Å². The molecule has 128 valence electrons. The van der Waals surface area contributed by atoms with Gasteiger partial charge in [0, 0.05) is 13.0 Å². The standard InChI is InChI=1S/C18H20FNO3S/c1-12-3-9-15(10-4-12)24(21,22)17-16(18(17,20)11-23-2)13-5-7-14(19)8-6-13/h3-10,16-17H,11,20H2,1-2H3/t16-,17+,18-/m0/s1. The van der Waals surface area contributed by atoms with Gasteiger partial charge in [0.1, 0.15) is 5.82 Å². The summed E-state index contributed by atoms with van der Waals surface area (Å²) in [5.74, 6) is -0.795. The molecule has 6 heteroatoms. The van der Waals surface area contributed by atoms with E-state index in [1.54, 1.807) is 36.4 Å². The van der Waals surface area contributed by atoms with Gasteiger partial charge in [-0.05, 0) is 36.8 Å². The Labute approximate surface area is 141 Å². The third kappa shape index (κ3) is 2.75. The van der Waals surface area contributed by atoms with Crippen molar-refractivity contribution in [3.8, 4) is 0 Å². The molecule has 24 heavy (non-hydrogen) atoms. The predicted octanol–water partition coefficient (Wildman–Crippen LogP) is 2.42. The first kappa shape index (κ1) is 17.1.